The maximum Gasteiger partial charge on any atom is 0.257 e. The van der Waals surface area contributed by atoms with Gasteiger partial charge in [-0.1, -0.05) is 33.3 Å². The fraction of sp³-hybridized carbons (Fsp3) is 0.440. The van der Waals surface area contributed by atoms with E-state index >= 15 is 0 Å². The summed E-state index contributed by atoms with van der Waals surface area (Å²) in [5.74, 6) is 2.38. The normalized spacial score (nSPS) is 10.6. The Labute approximate surface area is 210 Å². The van der Waals surface area contributed by atoms with Gasteiger partial charge in [0, 0.05) is 12.1 Å². The molecule has 33 heavy (non-hydrogen) atoms. The molecule has 2 rings (SSSR count). The molecule has 0 aliphatic carbocycles. The Balaban J connectivity index is 1.88. The third-order valence-corrected chi connectivity index (χ3v) is 5.68. The lowest BCUT2D eigenvalue weighted by Crippen LogP contribution is -2.38. The lowest BCUT2D eigenvalue weighted by Gasteiger charge is -2.14. The standard InChI is InChI=1S/C25H33BrN2O4S/c1-5-6-12-31-21-10-8-19(15-20(21)26)24(29)28-25(33)27-16-18-7-9-22(23(14-18)30-4)32-13-11-17(2)3/h7-10,14-15,17H,5-6,11-13,16H2,1-4H3,(H2,27,28,29,33). The van der Waals surface area contributed by atoms with Gasteiger partial charge in [0.15, 0.2) is 16.6 Å². The van der Waals surface area contributed by atoms with E-state index in [1.54, 1.807) is 25.3 Å². The van der Waals surface area contributed by atoms with Crippen LogP contribution in [0.25, 0.3) is 0 Å². The number of thiocarbonyl (C=S) groups is 1. The summed E-state index contributed by atoms with van der Waals surface area (Å²) < 4.78 is 17.7. The van der Waals surface area contributed by atoms with E-state index in [4.69, 9.17) is 26.4 Å². The molecule has 0 spiro atoms. The summed E-state index contributed by atoms with van der Waals surface area (Å²) in [5.41, 5.74) is 1.44. The van der Waals surface area contributed by atoms with E-state index in [0.717, 1.165) is 29.3 Å². The summed E-state index contributed by atoms with van der Waals surface area (Å²) in [6.07, 6.45) is 3.02. The second-order valence-electron chi connectivity index (χ2n) is 8.00. The predicted octanol–water partition coefficient (Wildman–Crippen LogP) is 5.87. The molecule has 6 nitrogen and oxygen atoms in total. The van der Waals surface area contributed by atoms with Crippen molar-refractivity contribution in [2.24, 2.45) is 5.92 Å². The van der Waals surface area contributed by atoms with Crippen molar-refractivity contribution in [3.8, 4) is 17.2 Å². The number of halogens is 1. The average Bonchev–Trinajstić information content (AvgIpc) is 2.79. The van der Waals surface area contributed by atoms with Crippen LogP contribution in [-0.4, -0.2) is 31.3 Å². The van der Waals surface area contributed by atoms with Gasteiger partial charge in [0.1, 0.15) is 5.75 Å². The van der Waals surface area contributed by atoms with Crippen LogP contribution in [-0.2, 0) is 6.54 Å². The van der Waals surface area contributed by atoms with E-state index < -0.39 is 0 Å². The first-order valence-electron chi connectivity index (χ1n) is 11.1. The van der Waals surface area contributed by atoms with Crippen LogP contribution in [0.15, 0.2) is 40.9 Å². The SMILES string of the molecule is CCCCOc1ccc(C(=O)NC(=S)NCc2ccc(OCCC(C)C)c(OC)c2)cc1Br. The van der Waals surface area contributed by atoms with Crippen LogP contribution in [0.4, 0.5) is 0 Å². The molecule has 0 bridgehead atoms. The molecule has 0 radical (unpaired) electrons. The summed E-state index contributed by atoms with van der Waals surface area (Å²) in [6.45, 7) is 8.16. The number of nitrogens with one attached hydrogen (secondary N) is 2. The number of ether oxygens (including phenoxy) is 3. The molecule has 0 aromatic heterocycles. The molecule has 1 amide bonds. The lowest BCUT2D eigenvalue weighted by molar-refractivity contribution is 0.0976. The van der Waals surface area contributed by atoms with Crippen molar-refractivity contribution in [3.05, 3.63) is 52.0 Å². The zero-order chi connectivity index (χ0) is 24.2. The fourth-order valence-electron chi connectivity index (χ4n) is 2.83. The molecule has 0 saturated heterocycles. The molecule has 0 aliphatic heterocycles. The van der Waals surface area contributed by atoms with Gasteiger partial charge in [-0.2, -0.15) is 0 Å². The fourth-order valence-corrected chi connectivity index (χ4v) is 3.49. The maximum atomic E-state index is 12.5. The molecular formula is C25H33BrN2O4S. The Kier molecular flexibility index (Phi) is 11.5. The Morgan fingerprint density at radius 3 is 2.45 bits per heavy atom. The first kappa shape index (κ1) is 26.9. The van der Waals surface area contributed by atoms with Crippen molar-refractivity contribution in [3.63, 3.8) is 0 Å². The number of carbonyl (C=O) groups excluding carboxylic acids is 1. The monoisotopic (exact) mass is 536 g/mol. The number of carbonyl (C=O) groups is 1. The molecular weight excluding hydrogens is 504 g/mol. The van der Waals surface area contributed by atoms with Crippen LogP contribution in [0.5, 0.6) is 17.2 Å². The van der Waals surface area contributed by atoms with Crippen molar-refractivity contribution >= 4 is 39.2 Å². The zero-order valence-electron chi connectivity index (χ0n) is 19.7. The van der Waals surface area contributed by atoms with Crippen molar-refractivity contribution in [2.45, 2.75) is 46.6 Å². The van der Waals surface area contributed by atoms with Crippen LogP contribution in [0.1, 0.15) is 56.0 Å². The number of benzene rings is 2. The lowest BCUT2D eigenvalue weighted by atomic mass is 10.1. The quantitative estimate of drug-likeness (QED) is 0.261. The number of methoxy groups -OCH3 is 1. The predicted molar refractivity (Wildman–Crippen MR) is 139 cm³/mol. The Bertz CT molecular complexity index is 937. The van der Waals surface area contributed by atoms with Crippen LogP contribution < -0.4 is 24.8 Å². The number of rotatable bonds is 12. The van der Waals surface area contributed by atoms with Gasteiger partial charge in [0.25, 0.3) is 5.91 Å². The van der Waals surface area contributed by atoms with Gasteiger partial charge in [0.05, 0.1) is 24.8 Å². The highest BCUT2D eigenvalue weighted by Crippen LogP contribution is 2.28. The highest BCUT2D eigenvalue weighted by molar-refractivity contribution is 9.10. The Morgan fingerprint density at radius 2 is 1.79 bits per heavy atom. The molecule has 0 saturated carbocycles. The third kappa shape index (κ3) is 9.21. The number of amides is 1. The van der Waals surface area contributed by atoms with E-state index in [-0.39, 0.29) is 11.0 Å². The molecule has 2 N–H and O–H groups in total. The van der Waals surface area contributed by atoms with Crippen LogP contribution in [0.3, 0.4) is 0 Å². The van der Waals surface area contributed by atoms with Crippen molar-refractivity contribution in [1.82, 2.24) is 10.6 Å². The van der Waals surface area contributed by atoms with E-state index in [9.17, 15) is 4.79 Å². The summed E-state index contributed by atoms with van der Waals surface area (Å²) >= 11 is 8.75. The van der Waals surface area contributed by atoms with Gasteiger partial charge in [-0.15, -0.1) is 0 Å². The molecule has 0 atom stereocenters. The number of hydrogen-bond donors (Lipinski definition) is 2. The summed E-state index contributed by atoms with van der Waals surface area (Å²) in [4.78, 5) is 12.5. The highest BCUT2D eigenvalue weighted by Gasteiger charge is 2.12. The minimum atomic E-state index is -0.292. The van der Waals surface area contributed by atoms with Gasteiger partial charge in [-0.3, -0.25) is 10.1 Å². The molecule has 2 aromatic carbocycles. The van der Waals surface area contributed by atoms with Gasteiger partial charge < -0.3 is 19.5 Å². The van der Waals surface area contributed by atoms with E-state index in [0.29, 0.717) is 48.5 Å². The molecule has 8 heteroatoms. The summed E-state index contributed by atoms with van der Waals surface area (Å²) in [5, 5.41) is 6.01. The van der Waals surface area contributed by atoms with Crippen LogP contribution in [0, 0.1) is 5.92 Å². The summed E-state index contributed by atoms with van der Waals surface area (Å²) in [7, 11) is 1.62. The van der Waals surface area contributed by atoms with Crippen LogP contribution in [0.2, 0.25) is 0 Å². The maximum absolute atomic E-state index is 12.5. The molecule has 2 aromatic rings. The second-order valence-corrected chi connectivity index (χ2v) is 9.26. The van der Waals surface area contributed by atoms with E-state index in [1.807, 2.05) is 18.2 Å². The Hall–Kier alpha value is -2.32. The molecule has 0 fully saturated rings. The molecule has 0 heterocycles. The topological polar surface area (TPSA) is 68.8 Å². The first-order valence-corrected chi connectivity index (χ1v) is 12.3. The minimum absolute atomic E-state index is 0.246. The highest BCUT2D eigenvalue weighted by atomic mass is 79.9. The number of hydrogen-bond acceptors (Lipinski definition) is 5. The molecule has 0 aliphatic rings. The second kappa shape index (κ2) is 14.1. The smallest absolute Gasteiger partial charge is 0.257 e. The third-order valence-electron chi connectivity index (χ3n) is 4.81. The van der Waals surface area contributed by atoms with Gasteiger partial charge in [-0.25, -0.2) is 0 Å². The molecule has 0 unspecified atom stereocenters. The average molecular weight is 538 g/mol. The van der Waals surface area contributed by atoms with Crippen LogP contribution >= 0.6 is 28.1 Å². The van der Waals surface area contributed by atoms with E-state index in [1.165, 1.54) is 0 Å². The molecule has 180 valence electrons. The van der Waals surface area contributed by atoms with Crippen molar-refractivity contribution in [1.29, 1.82) is 0 Å². The largest absolute Gasteiger partial charge is 0.493 e. The number of unbranched alkanes of at least 4 members (excludes halogenated alkanes) is 1. The first-order chi connectivity index (χ1) is 15.8. The minimum Gasteiger partial charge on any atom is -0.493 e. The van der Waals surface area contributed by atoms with Gasteiger partial charge in [0.2, 0.25) is 0 Å². The van der Waals surface area contributed by atoms with Crippen molar-refractivity contribution < 1.29 is 19.0 Å². The van der Waals surface area contributed by atoms with Gasteiger partial charge >= 0.3 is 0 Å². The van der Waals surface area contributed by atoms with E-state index in [2.05, 4.69) is 47.3 Å². The van der Waals surface area contributed by atoms with Crippen molar-refractivity contribution in [2.75, 3.05) is 20.3 Å². The van der Waals surface area contributed by atoms with Gasteiger partial charge in [-0.05, 0) is 82.8 Å². The Morgan fingerprint density at radius 1 is 1.06 bits per heavy atom. The summed E-state index contributed by atoms with van der Waals surface area (Å²) in [6, 6.07) is 11.0. The zero-order valence-corrected chi connectivity index (χ0v) is 22.1.